The molecule has 2 heterocycles. The van der Waals surface area contributed by atoms with Crippen molar-refractivity contribution >= 4 is 11.6 Å². The van der Waals surface area contributed by atoms with Crippen LogP contribution >= 0.6 is 0 Å². The van der Waals surface area contributed by atoms with Crippen molar-refractivity contribution in [2.75, 3.05) is 25.0 Å². The van der Waals surface area contributed by atoms with Crippen LogP contribution in [0.15, 0.2) is 18.5 Å². The van der Waals surface area contributed by atoms with E-state index in [1.165, 1.54) is 0 Å². The molecule has 0 aliphatic carbocycles. The van der Waals surface area contributed by atoms with Gasteiger partial charge in [0.25, 0.3) is 5.91 Å². The minimum Gasteiger partial charge on any atom is -0.394 e. The number of aliphatic hydroxyl groups excluding tert-OH is 1. The maximum Gasteiger partial charge on any atom is 0.257 e. The van der Waals surface area contributed by atoms with Crippen LogP contribution in [0, 0.1) is 0 Å². The second-order valence-corrected chi connectivity index (χ2v) is 5.18. The van der Waals surface area contributed by atoms with Crippen LogP contribution in [0.25, 0.3) is 0 Å². The van der Waals surface area contributed by atoms with Crippen molar-refractivity contribution in [3.8, 4) is 0 Å². The van der Waals surface area contributed by atoms with E-state index in [9.17, 15) is 9.90 Å². The van der Waals surface area contributed by atoms with E-state index in [2.05, 4.69) is 17.2 Å². The van der Waals surface area contributed by atoms with Crippen LogP contribution in [-0.2, 0) is 0 Å². The number of likely N-dealkylation sites (tertiary alicyclic amines) is 1. The van der Waals surface area contributed by atoms with E-state index >= 15 is 0 Å². The molecule has 0 radical (unpaired) electrons. The maximum absolute atomic E-state index is 12.7. The van der Waals surface area contributed by atoms with Crippen LogP contribution in [-0.4, -0.2) is 46.6 Å². The summed E-state index contributed by atoms with van der Waals surface area (Å²) in [6.07, 6.45) is 7.25. The van der Waals surface area contributed by atoms with E-state index in [4.69, 9.17) is 0 Å². The molecule has 1 unspecified atom stereocenters. The smallest absolute Gasteiger partial charge is 0.257 e. The van der Waals surface area contributed by atoms with Gasteiger partial charge in [-0.05, 0) is 31.7 Å². The molecular formula is C15H23N3O2. The van der Waals surface area contributed by atoms with Gasteiger partial charge in [-0.15, -0.1) is 0 Å². The lowest BCUT2D eigenvalue weighted by molar-refractivity contribution is 0.0503. The maximum atomic E-state index is 12.7. The number of amides is 1. The highest BCUT2D eigenvalue weighted by atomic mass is 16.3. The predicted molar refractivity (Wildman–Crippen MR) is 78.8 cm³/mol. The van der Waals surface area contributed by atoms with E-state index in [1.54, 1.807) is 17.3 Å². The molecule has 20 heavy (non-hydrogen) atoms. The quantitative estimate of drug-likeness (QED) is 0.862. The topological polar surface area (TPSA) is 65.5 Å². The summed E-state index contributed by atoms with van der Waals surface area (Å²) < 4.78 is 0. The first-order valence-corrected chi connectivity index (χ1v) is 7.37. The largest absolute Gasteiger partial charge is 0.394 e. The Morgan fingerprint density at radius 2 is 2.40 bits per heavy atom. The molecule has 0 spiro atoms. The number of aromatic nitrogens is 1. The fourth-order valence-corrected chi connectivity index (χ4v) is 2.59. The lowest BCUT2D eigenvalue weighted by Gasteiger charge is -2.35. The number of nitrogens with zero attached hydrogens (tertiary/aromatic N) is 2. The van der Waals surface area contributed by atoms with Crippen LogP contribution in [0.5, 0.6) is 0 Å². The van der Waals surface area contributed by atoms with Gasteiger partial charge in [-0.1, -0.05) is 6.92 Å². The van der Waals surface area contributed by atoms with Gasteiger partial charge in [0.15, 0.2) is 0 Å². The second-order valence-electron chi connectivity index (χ2n) is 5.18. The van der Waals surface area contributed by atoms with Crippen molar-refractivity contribution in [1.29, 1.82) is 0 Å². The highest BCUT2D eigenvalue weighted by Gasteiger charge is 2.28. The van der Waals surface area contributed by atoms with E-state index in [0.29, 0.717) is 12.1 Å². The van der Waals surface area contributed by atoms with Crippen LogP contribution in [0.2, 0.25) is 0 Å². The van der Waals surface area contributed by atoms with Gasteiger partial charge in [-0.2, -0.15) is 0 Å². The zero-order valence-corrected chi connectivity index (χ0v) is 12.0. The van der Waals surface area contributed by atoms with E-state index in [1.807, 2.05) is 6.07 Å². The monoisotopic (exact) mass is 277 g/mol. The third-order valence-corrected chi connectivity index (χ3v) is 3.72. The highest BCUT2D eigenvalue weighted by molar-refractivity contribution is 5.99. The van der Waals surface area contributed by atoms with Gasteiger partial charge >= 0.3 is 0 Å². The summed E-state index contributed by atoms with van der Waals surface area (Å²) in [7, 11) is 0. The summed E-state index contributed by atoms with van der Waals surface area (Å²) in [4.78, 5) is 18.5. The normalized spacial score (nSPS) is 18.9. The van der Waals surface area contributed by atoms with Crippen LogP contribution in [0.4, 0.5) is 5.69 Å². The molecule has 2 rings (SSSR count). The lowest BCUT2D eigenvalue weighted by Crippen LogP contribution is -2.45. The van der Waals surface area contributed by atoms with Crippen molar-refractivity contribution in [3.63, 3.8) is 0 Å². The molecule has 1 aromatic rings. The fourth-order valence-electron chi connectivity index (χ4n) is 2.59. The first-order valence-electron chi connectivity index (χ1n) is 7.37. The number of aliphatic hydroxyl groups is 1. The number of carbonyl (C=O) groups is 1. The van der Waals surface area contributed by atoms with Gasteiger partial charge in [0.2, 0.25) is 0 Å². The summed E-state index contributed by atoms with van der Waals surface area (Å²) in [6.45, 7) is 3.66. The van der Waals surface area contributed by atoms with Gasteiger partial charge in [0.1, 0.15) is 0 Å². The Hall–Kier alpha value is -1.62. The van der Waals surface area contributed by atoms with E-state index in [-0.39, 0.29) is 18.6 Å². The molecule has 1 aliphatic rings. The van der Waals surface area contributed by atoms with Crippen LogP contribution in [0.3, 0.4) is 0 Å². The summed E-state index contributed by atoms with van der Waals surface area (Å²) in [5.74, 6) is -0.0320. The van der Waals surface area contributed by atoms with Gasteiger partial charge in [0.05, 0.1) is 23.9 Å². The number of hydrogen-bond acceptors (Lipinski definition) is 4. The molecule has 0 aromatic carbocycles. The Morgan fingerprint density at radius 3 is 3.15 bits per heavy atom. The fraction of sp³-hybridized carbons (Fsp3) is 0.600. The molecule has 1 saturated heterocycles. The Morgan fingerprint density at radius 1 is 1.55 bits per heavy atom. The number of rotatable bonds is 5. The minimum atomic E-state index is -0.0597. The molecule has 0 saturated carbocycles. The van der Waals surface area contributed by atoms with Gasteiger partial charge in [-0.25, -0.2) is 0 Å². The van der Waals surface area contributed by atoms with E-state index in [0.717, 1.165) is 37.9 Å². The molecule has 2 N–H and O–H groups in total. The number of piperidine rings is 1. The third kappa shape index (κ3) is 3.28. The molecule has 110 valence electrons. The zero-order valence-electron chi connectivity index (χ0n) is 12.0. The molecule has 1 fully saturated rings. The van der Waals surface area contributed by atoms with Crippen molar-refractivity contribution < 1.29 is 9.90 Å². The SMILES string of the molecule is CCCNc1ccncc1C(=O)N1CCCCC1CO. The number of anilines is 1. The van der Waals surface area contributed by atoms with E-state index < -0.39 is 0 Å². The van der Waals surface area contributed by atoms with Crippen molar-refractivity contribution in [2.45, 2.75) is 38.6 Å². The molecule has 1 amide bonds. The summed E-state index contributed by atoms with van der Waals surface area (Å²) in [5.41, 5.74) is 1.43. The van der Waals surface area contributed by atoms with Gasteiger partial charge < -0.3 is 15.3 Å². The molecule has 5 heteroatoms. The third-order valence-electron chi connectivity index (χ3n) is 3.72. The van der Waals surface area contributed by atoms with Gasteiger partial charge in [0, 0.05) is 25.5 Å². The van der Waals surface area contributed by atoms with Crippen molar-refractivity contribution in [1.82, 2.24) is 9.88 Å². The Bertz CT molecular complexity index is 450. The lowest BCUT2D eigenvalue weighted by atomic mass is 10.0. The molecule has 1 aromatic heterocycles. The predicted octanol–water partition coefficient (Wildman–Crippen LogP) is 1.89. The Balaban J connectivity index is 2.19. The Kier molecular flexibility index (Phi) is 5.35. The van der Waals surface area contributed by atoms with Crippen LogP contribution in [0.1, 0.15) is 43.0 Å². The average molecular weight is 277 g/mol. The Labute approximate surface area is 120 Å². The first kappa shape index (κ1) is 14.8. The molecular weight excluding hydrogens is 254 g/mol. The highest BCUT2D eigenvalue weighted by Crippen LogP contribution is 2.22. The standard InChI is InChI=1S/C15H23N3O2/c1-2-7-17-14-6-8-16-10-13(14)15(20)18-9-4-3-5-12(18)11-19/h6,8,10,12,19H,2-5,7,9,11H2,1H3,(H,16,17). The number of carbonyl (C=O) groups excluding carboxylic acids is 1. The number of pyridine rings is 1. The first-order chi connectivity index (χ1) is 9.77. The summed E-state index contributed by atoms with van der Waals surface area (Å²) in [6, 6.07) is 1.77. The number of nitrogens with one attached hydrogen (secondary N) is 1. The zero-order chi connectivity index (χ0) is 14.4. The molecule has 1 atom stereocenters. The summed E-state index contributed by atoms with van der Waals surface area (Å²) >= 11 is 0. The van der Waals surface area contributed by atoms with Gasteiger partial charge in [-0.3, -0.25) is 9.78 Å². The minimum absolute atomic E-state index is 0.0315. The molecule has 1 aliphatic heterocycles. The molecule has 5 nitrogen and oxygen atoms in total. The summed E-state index contributed by atoms with van der Waals surface area (Å²) in [5, 5.41) is 12.7. The molecule has 0 bridgehead atoms. The number of hydrogen-bond donors (Lipinski definition) is 2. The van der Waals surface area contributed by atoms with Crippen molar-refractivity contribution in [2.24, 2.45) is 0 Å². The van der Waals surface area contributed by atoms with Crippen LogP contribution < -0.4 is 5.32 Å². The average Bonchev–Trinajstić information content (AvgIpc) is 2.52. The second kappa shape index (κ2) is 7.24. The van der Waals surface area contributed by atoms with Crippen molar-refractivity contribution in [3.05, 3.63) is 24.0 Å².